The molecule has 0 bridgehead atoms. The minimum atomic E-state index is -3.66. The van der Waals surface area contributed by atoms with Gasteiger partial charge in [-0.15, -0.1) is 11.3 Å². The van der Waals surface area contributed by atoms with Gasteiger partial charge in [-0.05, 0) is 66.0 Å². The first-order chi connectivity index (χ1) is 18.6. The molecule has 1 amide bonds. The number of benzene rings is 2. The fraction of sp³-hybridized carbons (Fsp3) is 0.345. The Hall–Kier alpha value is -2.79. The standard InChI is InChI=1S/C29H32N4O3S3/c1-29(2,3)20-9-14-23-24(15-20)38-28-26(23)27(30-18-31-28)37-17-25(34)33-21-10-12-22(13-11-21)39(35,36)32-16-19-7-5-4-6-8-19/h4-8,10-13,18,20,32H,9,14-17H2,1-3H3,(H,33,34). The first kappa shape index (κ1) is 27.8. The number of aryl methyl sites for hydroxylation is 1. The van der Waals surface area contributed by atoms with Gasteiger partial charge in [-0.2, -0.15) is 0 Å². The molecule has 0 spiro atoms. The molecule has 0 aliphatic heterocycles. The van der Waals surface area contributed by atoms with Crippen LogP contribution >= 0.6 is 23.1 Å². The number of carbonyl (C=O) groups excluding carboxylic acids is 1. The second-order valence-electron chi connectivity index (χ2n) is 10.8. The van der Waals surface area contributed by atoms with Gasteiger partial charge in [-0.1, -0.05) is 62.9 Å². The average molecular weight is 581 g/mol. The SMILES string of the molecule is CC(C)(C)C1CCc2c(sc3ncnc(SCC(=O)Nc4ccc(S(=O)(=O)NCc5ccccc5)cc4)c23)C1. The third kappa shape index (κ3) is 6.51. The van der Waals surface area contributed by atoms with Crippen molar-refractivity contribution in [1.29, 1.82) is 0 Å². The van der Waals surface area contributed by atoms with Crippen LogP contribution in [0.1, 0.15) is 43.2 Å². The monoisotopic (exact) mass is 580 g/mol. The lowest BCUT2D eigenvalue weighted by Crippen LogP contribution is -2.26. The molecular weight excluding hydrogens is 549 g/mol. The maximum absolute atomic E-state index is 12.7. The van der Waals surface area contributed by atoms with Crippen molar-refractivity contribution >= 4 is 54.9 Å². The maximum Gasteiger partial charge on any atom is 0.240 e. The number of anilines is 1. The number of thiophene rings is 1. The summed E-state index contributed by atoms with van der Waals surface area (Å²) in [6.07, 6.45) is 4.81. The molecule has 7 nitrogen and oxygen atoms in total. The van der Waals surface area contributed by atoms with E-state index >= 15 is 0 Å². The zero-order chi connectivity index (χ0) is 27.6. The molecule has 0 saturated carbocycles. The predicted octanol–water partition coefficient (Wildman–Crippen LogP) is 6.05. The van der Waals surface area contributed by atoms with Gasteiger partial charge in [0.05, 0.1) is 10.6 Å². The third-order valence-corrected chi connectivity index (χ3v) is 10.7. The van der Waals surface area contributed by atoms with Gasteiger partial charge < -0.3 is 5.32 Å². The molecule has 39 heavy (non-hydrogen) atoms. The molecule has 1 aliphatic carbocycles. The number of nitrogens with zero attached hydrogens (tertiary/aromatic N) is 2. The van der Waals surface area contributed by atoms with Crippen molar-refractivity contribution in [2.45, 2.75) is 56.5 Å². The number of hydrogen-bond acceptors (Lipinski definition) is 7. The number of thioether (sulfide) groups is 1. The van der Waals surface area contributed by atoms with Gasteiger partial charge in [-0.3, -0.25) is 4.79 Å². The quantitative estimate of drug-likeness (QED) is 0.194. The number of amides is 1. The van der Waals surface area contributed by atoms with E-state index in [0.717, 1.165) is 40.1 Å². The molecule has 0 saturated heterocycles. The minimum Gasteiger partial charge on any atom is -0.325 e. The summed E-state index contributed by atoms with van der Waals surface area (Å²) in [7, 11) is -3.66. The summed E-state index contributed by atoms with van der Waals surface area (Å²) in [6.45, 7) is 7.14. The number of nitrogens with one attached hydrogen (secondary N) is 2. The van der Waals surface area contributed by atoms with Crippen LogP contribution in [0.2, 0.25) is 0 Å². The molecule has 10 heteroatoms. The van der Waals surface area contributed by atoms with Crippen LogP contribution < -0.4 is 10.0 Å². The Morgan fingerprint density at radius 3 is 2.54 bits per heavy atom. The van der Waals surface area contributed by atoms with Crippen LogP contribution in [0.5, 0.6) is 0 Å². The molecule has 204 valence electrons. The van der Waals surface area contributed by atoms with E-state index in [1.807, 2.05) is 30.3 Å². The van der Waals surface area contributed by atoms with Crippen LogP contribution in [-0.2, 0) is 34.2 Å². The van der Waals surface area contributed by atoms with E-state index in [0.29, 0.717) is 11.6 Å². The highest BCUT2D eigenvalue weighted by molar-refractivity contribution is 8.00. The number of sulfonamides is 1. The van der Waals surface area contributed by atoms with Crippen molar-refractivity contribution in [3.8, 4) is 0 Å². The van der Waals surface area contributed by atoms with E-state index in [2.05, 4.69) is 40.8 Å². The Balaban J connectivity index is 1.20. The second kappa shape index (κ2) is 11.4. The fourth-order valence-corrected chi connectivity index (χ4v) is 8.01. The van der Waals surface area contributed by atoms with Crippen LogP contribution in [-0.4, -0.2) is 30.0 Å². The van der Waals surface area contributed by atoms with E-state index in [1.54, 1.807) is 29.8 Å². The van der Waals surface area contributed by atoms with Gasteiger partial charge in [0.15, 0.2) is 0 Å². The van der Waals surface area contributed by atoms with Gasteiger partial charge in [0.1, 0.15) is 16.2 Å². The summed E-state index contributed by atoms with van der Waals surface area (Å²) in [6, 6.07) is 15.5. The summed E-state index contributed by atoms with van der Waals surface area (Å²) < 4.78 is 27.9. The Bertz CT molecular complexity index is 1580. The zero-order valence-corrected chi connectivity index (χ0v) is 24.7. The van der Waals surface area contributed by atoms with E-state index in [4.69, 9.17) is 0 Å². The topological polar surface area (TPSA) is 101 Å². The number of rotatable bonds is 8. The van der Waals surface area contributed by atoms with Crippen molar-refractivity contribution in [2.75, 3.05) is 11.1 Å². The number of hydrogen-bond donors (Lipinski definition) is 2. The smallest absolute Gasteiger partial charge is 0.240 e. The first-order valence-electron chi connectivity index (χ1n) is 12.9. The zero-order valence-electron chi connectivity index (χ0n) is 22.2. The molecule has 1 atom stereocenters. The molecule has 2 N–H and O–H groups in total. The molecular formula is C29H32N4O3S3. The molecule has 2 aromatic carbocycles. The fourth-order valence-electron chi connectivity index (χ4n) is 4.84. The molecule has 1 aliphatic rings. The van der Waals surface area contributed by atoms with E-state index < -0.39 is 10.0 Å². The Morgan fingerprint density at radius 2 is 1.82 bits per heavy atom. The molecule has 1 unspecified atom stereocenters. The van der Waals surface area contributed by atoms with Gasteiger partial charge in [0, 0.05) is 22.5 Å². The highest BCUT2D eigenvalue weighted by Crippen LogP contribution is 2.44. The lowest BCUT2D eigenvalue weighted by molar-refractivity contribution is -0.113. The molecule has 4 aromatic rings. The summed E-state index contributed by atoms with van der Waals surface area (Å²) in [4.78, 5) is 24.3. The highest BCUT2D eigenvalue weighted by atomic mass is 32.2. The van der Waals surface area contributed by atoms with Crippen LogP contribution in [0.3, 0.4) is 0 Å². The largest absolute Gasteiger partial charge is 0.325 e. The van der Waals surface area contributed by atoms with Crippen LogP contribution in [0.4, 0.5) is 5.69 Å². The first-order valence-corrected chi connectivity index (χ1v) is 16.2. The van der Waals surface area contributed by atoms with E-state index in [1.165, 1.54) is 34.3 Å². The van der Waals surface area contributed by atoms with E-state index in [-0.39, 0.29) is 28.5 Å². The van der Waals surface area contributed by atoms with Gasteiger partial charge in [0.2, 0.25) is 15.9 Å². The lowest BCUT2D eigenvalue weighted by atomic mass is 9.72. The normalized spacial score (nSPS) is 15.7. The van der Waals surface area contributed by atoms with Crippen molar-refractivity contribution in [2.24, 2.45) is 11.3 Å². The maximum atomic E-state index is 12.7. The minimum absolute atomic E-state index is 0.144. The van der Waals surface area contributed by atoms with Gasteiger partial charge in [0.25, 0.3) is 0 Å². The molecule has 5 rings (SSSR count). The molecule has 0 fully saturated rings. The summed E-state index contributed by atoms with van der Waals surface area (Å²) in [5.41, 5.74) is 3.03. The van der Waals surface area contributed by atoms with Gasteiger partial charge >= 0.3 is 0 Å². The number of fused-ring (bicyclic) bond motifs is 3. The van der Waals surface area contributed by atoms with Crippen molar-refractivity contribution in [3.63, 3.8) is 0 Å². The highest BCUT2D eigenvalue weighted by Gasteiger charge is 2.31. The van der Waals surface area contributed by atoms with Crippen molar-refractivity contribution in [1.82, 2.24) is 14.7 Å². The van der Waals surface area contributed by atoms with Crippen molar-refractivity contribution < 1.29 is 13.2 Å². The molecule has 2 aromatic heterocycles. The predicted molar refractivity (Wildman–Crippen MR) is 159 cm³/mol. The van der Waals surface area contributed by atoms with Crippen LogP contribution in [0.15, 0.2) is 70.8 Å². The lowest BCUT2D eigenvalue weighted by Gasteiger charge is -2.33. The van der Waals surface area contributed by atoms with Crippen LogP contribution in [0.25, 0.3) is 10.2 Å². The Labute approximate surface area is 237 Å². The van der Waals surface area contributed by atoms with Gasteiger partial charge in [-0.25, -0.2) is 23.1 Å². The summed E-state index contributed by atoms with van der Waals surface area (Å²) in [5.74, 6) is 0.662. The van der Waals surface area contributed by atoms with Crippen molar-refractivity contribution in [3.05, 3.63) is 76.9 Å². The van der Waals surface area contributed by atoms with E-state index in [9.17, 15) is 13.2 Å². The Morgan fingerprint density at radius 1 is 1.08 bits per heavy atom. The summed E-state index contributed by atoms with van der Waals surface area (Å²) >= 11 is 3.17. The third-order valence-electron chi connectivity index (χ3n) is 7.13. The average Bonchev–Trinajstić information content (AvgIpc) is 3.30. The molecule has 2 heterocycles. The molecule has 0 radical (unpaired) electrons. The summed E-state index contributed by atoms with van der Waals surface area (Å²) in [5, 5.41) is 4.80. The van der Waals surface area contributed by atoms with Crippen LogP contribution in [0, 0.1) is 11.3 Å². The second-order valence-corrected chi connectivity index (χ2v) is 14.7. The number of aromatic nitrogens is 2. The Kier molecular flexibility index (Phi) is 8.09. The number of carbonyl (C=O) groups is 1.